The summed E-state index contributed by atoms with van der Waals surface area (Å²) in [6.45, 7) is 6.72. The molecule has 9 nitrogen and oxygen atoms in total. The Labute approximate surface area is 276 Å². The zero-order valence-corrected chi connectivity index (χ0v) is 28.4. The molecule has 5 rings (SSSR count). The lowest BCUT2D eigenvalue weighted by molar-refractivity contribution is -0.137. The van der Waals surface area contributed by atoms with Gasteiger partial charge >= 0.3 is 0 Å². The van der Waals surface area contributed by atoms with Crippen molar-refractivity contribution in [1.29, 1.82) is 0 Å². The Morgan fingerprint density at radius 3 is 2.61 bits per heavy atom. The van der Waals surface area contributed by atoms with Gasteiger partial charge in [0.2, 0.25) is 5.91 Å². The number of fused-ring (bicyclic) bond motifs is 1. The Morgan fingerprint density at radius 1 is 1.17 bits per heavy atom. The maximum atomic E-state index is 12.3. The van der Waals surface area contributed by atoms with Gasteiger partial charge in [-0.05, 0) is 76.3 Å². The highest BCUT2D eigenvalue weighted by atomic mass is 32.1. The second-order valence-corrected chi connectivity index (χ2v) is 12.8. The molecule has 1 aliphatic heterocycles. The first-order valence-corrected chi connectivity index (χ1v) is 17.3. The molecule has 2 N–H and O–H groups in total. The number of nitrogens with one attached hydrogen (secondary N) is 1. The lowest BCUT2D eigenvalue weighted by atomic mass is 10.0. The van der Waals surface area contributed by atoms with E-state index in [0.717, 1.165) is 61.0 Å². The molecule has 1 saturated carbocycles. The van der Waals surface area contributed by atoms with E-state index >= 15 is 0 Å². The van der Waals surface area contributed by atoms with Crippen LogP contribution in [0.5, 0.6) is 5.75 Å². The van der Waals surface area contributed by atoms with Gasteiger partial charge in [0.1, 0.15) is 5.75 Å². The van der Waals surface area contributed by atoms with Gasteiger partial charge in [0.05, 0.1) is 35.6 Å². The molecule has 2 aliphatic rings. The third-order valence-electron chi connectivity index (χ3n) is 8.77. The Balaban J connectivity index is 0.000000240. The van der Waals surface area contributed by atoms with Gasteiger partial charge in [-0.2, -0.15) is 0 Å². The summed E-state index contributed by atoms with van der Waals surface area (Å²) in [5.41, 5.74) is 5.59. The van der Waals surface area contributed by atoms with Gasteiger partial charge in [-0.25, -0.2) is 4.98 Å². The van der Waals surface area contributed by atoms with E-state index in [9.17, 15) is 14.4 Å². The van der Waals surface area contributed by atoms with E-state index < -0.39 is 0 Å². The quantitative estimate of drug-likeness (QED) is 0.110. The number of unbranched alkanes of at least 4 members (excludes halogenated alkanes) is 4. The van der Waals surface area contributed by atoms with Crippen molar-refractivity contribution >= 4 is 40.4 Å². The number of aromatic nitrogens is 2. The van der Waals surface area contributed by atoms with Gasteiger partial charge in [-0.3, -0.25) is 19.2 Å². The smallest absolute Gasteiger partial charge is 0.290 e. The summed E-state index contributed by atoms with van der Waals surface area (Å²) in [6, 6.07) is 6.79. The minimum absolute atomic E-state index is 0.0191. The van der Waals surface area contributed by atoms with Gasteiger partial charge < -0.3 is 19.7 Å². The van der Waals surface area contributed by atoms with Crippen molar-refractivity contribution in [2.45, 2.75) is 97.4 Å². The molecule has 0 bridgehead atoms. The molecule has 3 aromatic rings. The van der Waals surface area contributed by atoms with Crippen molar-refractivity contribution < 1.29 is 24.2 Å². The monoisotopic (exact) mass is 651 g/mol. The number of carbonyl (C=O) groups excluding carboxylic acids is 2. The molecule has 46 heavy (non-hydrogen) atoms. The van der Waals surface area contributed by atoms with E-state index in [0.29, 0.717) is 17.6 Å². The number of amides is 1. The Bertz CT molecular complexity index is 1500. The van der Waals surface area contributed by atoms with E-state index in [1.807, 2.05) is 16.3 Å². The van der Waals surface area contributed by atoms with Crippen LogP contribution >= 0.6 is 11.3 Å². The number of carboxylic acid groups (broad SMARTS) is 1. The molecule has 3 heterocycles. The van der Waals surface area contributed by atoms with Crippen molar-refractivity contribution in [1.82, 2.24) is 14.9 Å². The molecule has 2 fully saturated rings. The highest BCUT2D eigenvalue weighted by Gasteiger charge is 2.36. The number of hydrogen-bond acceptors (Lipinski definition) is 7. The lowest BCUT2D eigenvalue weighted by Crippen LogP contribution is -2.39. The molecule has 1 aliphatic carbocycles. The molecular formula is C36H49N3O6S. The Hall–Kier alpha value is -3.79. The van der Waals surface area contributed by atoms with Crippen LogP contribution in [0.3, 0.4) is 0 Å². The third kappa shape index (κ3) is 10.9. The van der Waals surface area contributed by atoms with Crippen LogP contribution in [0.25, 0.3) is 22.3 Å². The second-order valence-electron chi connectivity index (χ2n) is 12.1. The van der Waals surface area contributed by atoms with Crippen LogP contribution in [0.2, 0.25) is 0 Å². The molecule has 2 aromatic heterocycles. The SMILES string of the molecule is CCCC1C[C@H]1/C(C)=C\CCCCCCC(=O)N1CCC[C@H]1C(C)=O.COc1ccc2c(=O)cc(-c3cscn3)[nH]c2c1.O=CO. The molecule has 0 radical (unpaired) electrons. The highest BCUT2D eigenvalue weighted by Crippen LogP contribution is 2.47. The Morgan fingerprint density at radius 2 is 1.93 bits per heavy atom. The highest BCUT2D eigenvalue weighted by molar-refractivity contribution is 7.07. The van der Waals surface area contributed by atoms with E-state index in [4.69, 9.17) is 14.6 Å². The average Bonchev–Trinajstić information content (AvgIpc) is 3.39. The van der Waals surface area contributed by atoms with Crippen molar-refractivity contribution in [3.63, 3.8) is 0 Å². The first-order chi connectivity index (χ1) is 22.2. The van der Waals surface area contributed by atoms with Crippen LogP contribution < -0.4 is 10.2 Å². The normalized spacial score (nSPS) is 18.7. The van der Waals surface area contributed by atoms with E-state index in [1.165, 1.54) is 49.9 Å². The number of ether oxygens (including phenoxy) is 1. The van der Waals surface area contributed by atoms with Crippen LogP contribution in [0, 0.1) is 11.8 Å². The number of benzene rings is 1. The number of methoxy groups -OCH3 is 1. The number of thiazole rings is 1. The fourth-order valence-electron chi connectivity index (χ4n) is 6.22. The maximum Gasteiger partial charge on any atom is 0.290 e. The minimum atomic E-state index is -0.250. The molecule has 1 aromatic carbocycles. The van der Waals surface area contributed by atoms with Crippen LogP contribution in [0.1, 0.15) is 91.4 Å². The summed E-state index contributed by atoms with van der Waals surface area (Å²) < 4.78 is 5.16. The summed E-state index contributed by atoms with van der Waals surface area (Å²) in [4.78, 5) is 53.4. The molecule has 0 spiro atoms. The molecular weight excluding hydrogens is 602 g/mol. The minimum Gasteiger partial charge on any atom is -0.497 e. The number of aromatic amines is 1. The van der Waals surface area contributed by atoms with Gasteiger partial charge in [0.25, 0.3) is 6.47 Å². The second kappa shape index (κ2) is 19.0. The lowest BCUT2D eigenvalue weighted by Gasteiger charge is -2.22. The predicted molar refractivity (Wildman–Crippen MR) is 184 cm³/mol. The number of pyridine rings is 1. The van der Waals surface area contributed by atoms with Crippen LogP contribution in [0.15, 0.2) is 51.6 Å². The fourth-order valence-corrected chi connectivity index (χ4v) is 6.78. The van der Waals surface area contributed by atoms with E-state index in [-0.39, 0.29) is 29.6 Å². The standard InChI is InChI=1S/C22H37NO2.C13H10N2O2S.CH2O2/c1-4-11-19-16-20(19)17(2)12-8-6-5-7-9-14-22(25)23-15-10-13-21(23)18(3)24;1-17-8-2-3-9-10(4-8)15-11(5-13(9)16)12-6-18-7-14-12;2-1-3/h12,19-21H,4-11,13-16H2,1-3H3;2-7H,1H3,(H,15,16);1H,(H,2,3)/b17-12-;;/t19?,20-,21-;;/m0../s1. The van der Waals surface area contributed by atoms with Crippen molar-refractivity contribution in [3.8, 4) is 17.1 Å². The fraction of sp³-hybridized carbons (Fsp3) is 0.528. The van der Waals surface area contributed by atoms with Gasteiger partial charge in [-0.15, -0.1) is 11.3 Å². The number of ketones is 1. The first kappa shape index (κ1) is 36.7. The number of carbonyl (C=O) groups is 3. The van der Waals surface area contributed by atoms with Gasteiger partial charge in [0.15, 0.2) is 11.2 Å². The van der Waals surface area contributed by atoms with Gasteiger partial charge in [-0.1, -0.05) is 44.3 Å². The van der Waals surface area contributed by atoms with E-state index in [2.05, 4.69) is 29.9 Å². The number of H-pyrrole nitrogens is 1. The maximum absolute atomic E-state index is 12.3. The van der Waals surface area contributed by atoms with Crippen molar-refractivity contribution in [2.24, 2.45) is 11.8 Å². The molecule has 3 atom stereocenters. The van der Waals surface area contributed by atoms with E-state index in [1.54, 1.807) is 43.3 Å². The first-order valence-electron chi connectivity index (χ1n) is 16.4. The molecule has 1 unspecified atom stereocenters. The predicted octanol–water partition coefficient (Wildman–Crippen LogP) is 7.65. The zero-order chi connectivity index (χ0) is 33.5. The topological polar surface area (TPSA) is 130 Å². The molecule has 10 heteroatoms. The van der Waals surface area contributed by atoms with Gasteiger partial charge in [0, 0.05) is 35.9 Å². The summed E-state index contributed by atoms with van der Waals surface area (Å²) in [5, 5.41) is 9.44. The number of nitrogens with zero attached hydrogens (tertiary/aromatic N) is 2. The van der Waals surface area contributed by atoms with Crippen LogP contribution in [0.4, 0.5) is 0 Å². The van der Waals surface area contributed by atoms with Crippen LogP contribution in [-0.2, 0) is 14.4 Å². The zero-order valence-electron chi connectivity index (χ0n) is 27.6. The summed E-state index contributed by atoms with van der Waals surface area (Å²) in [6.07, 6.45) is 14.7. The summed E-state index contributed by atoms with van der Waals surface area (Å²) in [5.74, 6) is 2.89. The van der Waals surface area contributed by atoms with Crippen molar-refractivity contribution in [3.05, 3.63) is 57.0 Å². The number of rotatable bonds is 13. The van der Waals surface area contributed by atoms with Crippen molar-refractivity contribution in [2.75, 3.05) is 13.7 Å². The molecule has 250 valence electrons. The van der Waals surface area contributed by atoms with Crippen LogP contribution in [-0.4, -0.2) is 57.8 Å². The summed E-state index contributed by atoms with van der Waals surface area (Å²) in [7, 11) is 1.60. The number of likely N-dealkylation sites (tertiary alicyclic amines) is 1. The average molecular weight is 652 g/mol. The molecule has 1 saturated heterocycles. The number of hydrogen-bond donors (Lipinski definition) is 2. The third-order valence-corrected chi connectivity index (χ3v) is 9.35. The molecule has 1 amide bonds. The largest absolute Gasteiger partial charge is 0.497 e. The summed E-state index contributed by atoms with van der Waals surface area (Å²) >= 11 is 1.50. The Kier molecular flexibility index (Phi) is 15.2. The number of allylic oxidation sites excluding steroid dienone is 2. The number of Topliss-reactive ketones (excluding diaryl/α,β-unsaturated/α-hetero) is 1.